The first-order chi connectivity index (χ1) is 16.8. The van der Waals surface area contributed by atoms with Crippen molar-refractivity contribution in [3.8, 4) is 6.07 Å². The lowest BCUT2D eigenvalue weighted by atomic mass is 9.85. The van der Waals surface area contributed by atoms with Crippen LogP contribution < -0.4 is 4.90 Å². The van der Waals surface area contributed by atoms with Crippen LogP contribution in [0.25, 0.3) is 11.0 Å². The molecule has 1 fully saturated rings. The summed E-state index contributed by atoms with van der Waals surface area (Å²) < 4.78 is 13.7. The maximum Gasteiger partial charge on any atom is 0.258 e. The molecule has 0 aromatic carbocycles. The summed E-state index contributed by atoms with van der Waals surface area (Å²) in [4.78, 5) is 21.9. The minimum absolute atomic E-state index is 0.0318. The van der Waals surface area contributed by atoms with Gasteiger partial charge in [-0.3, -0.25) is 4.79 Å². The molecular formula is C26H39N5O3Si. The number of anilines is 1. The highest BCUT2D eigenvalue weighted by Crippen LogP contribution is 2.39. The van der Waals surface area contributed by atoms with Crippen molar-refractivity contribution < 1.29 is 14.3 Å². The van der Waals surface area contributed by atoms with Gasteiger partial charge in [-0.1, -0.05) is 19.6 Å². The van der Waals surface area contributed by atoms with E-state index in [-0.39, 0.29) is 5.91 Å². The van der Waals surface area contributed by atoms with Crippen molar-refractivity contribution >= 4 is 30.7 Å². The molecule has 190 valence electrons. The zero-order valence-corrected chi connectivity index (χ0v) is 22.6. The molecule has 35 heavy (non-hydrogen) atoms. The zero-order valence-electron chi connectivity index (χ0n) is 21.6. The maximum atomic E-state index is 13.0. The average molecular weight is 498 g/mol. The van der Waals surface area contributed by atoms with E-state index in [4.69, 9.17) is 14.7 Å². The predicted molar refractivity (Wildman–Crippen MR) is 140 cm³/mol. The Balaban J connectivity index is 1.49. The highest BCUT2D eigenvalue weighted by Gasteiger charge is 2.35. The Morgan fingerprint density at radius 3 is 2.66 bits per heavy atom. The summed E-state index contributed by atoms with van der Waals surface area (Å²) in [5, 5.41) is 9.71. The molecule has 1 amide bonds. The van der Waals surface area contributed by atoms with Gasteiger partial charge in [-0.2, -0.15) is 5.26 Å². The maximum absolute atomic E-state index is 13.0. The van der Waals surface area contributed by atoms with Crippen LogP contribution in [0.1, 0.15) is 42.5 Å². The van der Waals surface area contributed by atoms with Gasteiger partial charge in [0, 0.05) is 52.2 Å². The molecule has 4 rings (SSSR count). The van der Waals surface area contributed by atoms with E-state index in [1.54, 1.807) is 11.1 Å². The topological polar surface area (TPSA) is 83.6 Å². The molecule has 2 aliphatic rings. The Morgan fingerprint density at radius 2 is 1.94 bits per heavy atom. The molecule has 9 heteroatoms. The molecule has 0 bridgehead atoms. The molecule has 1 aliphatic carbocycles. The monoisotopic (exact) mass is 497 g/mol. The Morgan fingerprint density at radius 1 is 1.17 bits per heavy atom. The van der Waals surface area contributed by atoms with Crippen LogP contribution >= 0.6 is 0 Å². The minimum atomic E-state index is -1.13. The lowest BCUT2D eigenvalue weighted by Crippen LogP contribution is -2.50. The molecule has 1 aliphatic heterocycles. The van der Waals surface area contributed by atoms with Crippen molar-refractivity contribution in [2.75, 3.05) is 38.4 Å². The predicted octanol–water partition coefficient (Wildman–Crippen LogP) is 4.69. The van der Waals surface area contributed by atoms with Crippen LogP contribution in [0.4, 0.5) is 5.69 Å². The molecule has 1 saturated carbocycles. The second kappa shape index (κ2) is 11.1. The van der Waals surface area contributed by atoms with Gasteiger partial charge in [0.05, 0.1) is 37.0 Å². The Hall–Kier alpha value is -2.41. The van der Waals surface area contributed by atoms with E-state index in [1.807, 2.05) is 13.2 Å². The molecule has 0 radical (unpaired) electrons. The Labute approximate surface area is 209 Å². The van der Waals surface area contributed by atoms with Gasteiger partial charge >= 0.3 is 0 Å². The highest BCUT2D eigenvalue weighted by atomic mass is 28.3. The Bertz CT molecular complexity index is 1070. The summed E-state index contributed by atoms with van der Waals surface area (Å²) in [5.74, 6) is 0.574. The number of nitrogens with zero attached hydrogens (tertiary/aromatic N) is 5. The SMILES string of the molecule is CN1CN(C2CCC(COCCC#N)CC2)c2c(cnc3c2ccn3COCC[Si](C)(C)C)C1=O. The van der Waals surface area contributed by atoms with Crippen LogP contribution in [-0.2, 0) is 16.2 Å². The van der Waals surface area contributed by atoms with Crippen molar-refractivity contribution in [3.63, 3.8) is 0 Å². The number of pyridine rings is 1. The summed E-state index contributed by atoms with van der Waals surface area (Å²) in [6.07, 6.45) is 8.56. The van der Waals surface area contributed by atoms with Crippen molar-refractivity contribution in [2.24, 2.45) is 5.92 Å². The lowest BCUT2D eigenvalue weighted by Gasteiger charge is -2.43. The molecule has 8 nitrogen and oxygen atoms in total. The molecule has 0 N–H and O–H groups in total. The van der Waals surface area contributed by atoms with E-state index in [1.165, 1.54) is 0 Å². The number of aromatic nitrogens is 2. The number of carbonyl (C=O) groups is 1. The smallest absolute Gasteiger partial charge is 0.258 e. The minimum Gasteiger partial charge on any atom is -0.380 e. The molecule has 3 heterocycles. The van der Waals surface area contributed by atoms with Crippen LogP contribution in [-0.4, -0.2) is 68.0 Å². The molecule has 2 aromatic heterocycles. The van der Waals surface area contributed by atoms with Gasteiger partial charge in [0.15, 0.2) is 0 Å². The van der Waals surface area contributed by atoms with Crippen molar-refractivity contribution in [3.05, 3.63) is 24.0 Å². The number of fused-ring (bicyclic) bond motifs is 3. The van der Waals surface area contributed by atoms with E-state index in [0.717, 1.165) is 61.7 Å². The third-order valence-electron chi connectivity index (χ3n) is 7.18. The number of rotatable bonds is 10. The summed E-state index contributed by atoms with van der Waals surface area (Å²) in [6.45, 7) is 10.2. The molecule has 0 atom stereocenters. The van der Waals surface area contributed by atoms with Crippen molar-refractivity contribution in [1.82, 2.24) is 14.5 Å². The molecule has 0 unspecified atom stereocenters. The summed E-state index contributed by atoms with van der Waals surface area (Å²) in [6, 6.07) is 5.73. The number of hydrogen-bond acceptors (Lipinski definition) is 6. The van der Waals surface area contributed by atoms with E-state index < -0.39 is 8.07 Å². The third kappa shape index (κ3) is 6.05. The van der Waals surface area contributed by atoms with Crippen LogP contribution in [0.2, 0.25) is 25.7 Å². The molecule has 0 spiro atoms. The van der Waals surface area contributed by atoms with Crippen LogP contribution in [0, 0.1) is 17.2 Å². The standard InChI is InChI=1S/C26H39N5O3Si/c1-29-18-31(21-8-6-20(7-9-21)17-33-13-5-11-27)24-22-10-12-30(19-34-14-15-35(2,3)4)25(22)28-16-23(24)26(29)32/h10,12,16,20-21H,5-9,13-15,17-19H2,1-4H3. The second-order valence-electron chi connectivity index (χ2n) is 11.2. The molecule has 2 aromatic rings. The first-order valence-electron chi connectivity index (χ1n) is 12.8. The largest absolute Gasteiger partial charge is 0.380 e. The number of carbonyl (C=O) groups excluding carboxylic acids is 1. The molecular weight excluding hydrogens is 458 g/mol. The normalized spacial score (nSPS) is 20.8. The van der Waals surface area contributed by atoms with Gasteiger partial charge in [-0.05, 0) is 43.7 Å². The summed E-state index contributed by atoms with van der Waals surface area (Å²) >= 11 is 0. The molecule has 0 saturated heterocycles. The van der Waals surface area contributed by atoms with Crippen molar-refractivity contribution in [1.29, 1.82) is 5.26 Å². The highest BCUT2D eigenvalue weighted by molar-refractivity contribution is 6.76. The van der Waals surface area contributed by atoms with Gasteiger partial charge in [-0.15, -0.1) is 0 Å². The van der Waals surface area contributed by atoms with Gasteiger partial charge in [-0.25, -0.2) is 4.98 Å². The lowest BCUT2D eigenvalue weighted by molar-refractivity contribution is 0.0755. The number of nitriles is 1. The number of amides is 1. The van der Waals surface area contributed by atoms with Crippen LogP contribution in [0.5, 0.6) is 0 Å². The van der Waals surface area contributed by atoms with Crippen LogP contribution in [0.15, 0.2) is 18.5 Å². The first kappa shape index (κ1) is 25.7. The first-order valence-corrected chi connectivity index (χ1v) is 16.5. The van der Waals surface area contributed by atoms with Gasteiger partial charge in [0.2, 0.25) is 0 Å². The van der Waals surface area contributed by atoms with E-state index in [2.05, 4.69) is 46.2 Å². The van der Waals surface area contributed by atoms with Crippen molar-refractivity contribution in [2.45, 2.75) is 70.6 Å². The fourth-order valence-corrected chi connectivity index (χ4v) is 5.85. The summed E-state index contributed by atoms with van der Waals surface area (Å²) in [7, 11) is 0.739. The fourth-order valence-electron chi connectivity index (χ4n) is 5.09. The van der Waals surface area contributed by atoms with E-state index in [9.17, 15) is 4.79 Å². The van der Waals surface area contributed by atoms with Gasteiger partial charge in [0.25, 0.3) is 5.91 Å². The third-order valence-corrected chi connectivity index (χ3v) is 8.89. The second-order valence-corrected chi connectivity index (χ2v) is 16.8. The zero-order chi connectivity index (χ0) is 25.0. The van der Waals surface area contributed by atoms with E-state index >= 15 is 0 Å². The number of ether oxygens (including phenoxy) is 2. The van der Waals surface area contributed by atoms with Gasteiger partial charge < -0.3 is 23.8 Å². The van der Waals surface area contributed by atoms with Crippen LogP contribution in [0.3, 0.4) is 0 Å². The summed E-state index contributed by atoms with van der Waals surface area (Å²) in [5.41, 5.74) is 2.58. The number of hydrogen-bond donors (Lipinski definition) is 0. The Kier molecular flexibility index (Phi) is 8.15. The average Bonchev–Trinajstić information content (AvgIpc) is 3.25. The quantitative estimate of drug-likeness (QED) is 0.350. The van der Waals surface area contributed by atoms with Gasteiger partial charge in [0.1, 0.15) is 12.4 Å². The fraction of sp³-hybridized carbons (Fsp3) is 0.654. The van der Waals surface area contributed by atoms with E-state index in [0.29, 0.717) is 44.0 Å².